The number of β-amino-alcohol motifs (C(OH)–C–C–N with tert-alkyl or cyclic N) is 1. The first-order valence-corrected chi connectivity index (χ1v) is 4.54. The quantitative estimate of drug-likeness (QED) is 0.675. The molecule has 1 aliphatic rings. The Kier molecular flexibility index (Phi) is 3.90. The molecule has 1 heterocycles. The molecular formula is C8H12F3N3O. The Morgan fingerprint density at radius 1 is 1.60 bits per heavy atom. The van der Waals surface area contributed by atoms with E-state index in [1.165, 1.54) is 4.90 Å². The minimum atomic E-state index is -4.62. The molecule has 0 aromatic heterocycles. The van der Waals surface area contributed by atoms with Gasteiger partial charge in [0.05, 0.1) is 6.07 Å². The number of nitrogens with zero attached hydrogens (tertiary/aromatic N) is 2. The van der Waals surface area contributed by atoms with E-state index in [-0.39, 0.29) is 0 Å². The molecule has 0 spiro atoms. The van der Waals surface area contributed by atoms with Crippen LogP contribution in [-0.4, -0.2) is 54.5 Å². The third-order valence-electron chi connectivity index (χ3n) is 2.29. The van der Waals surface area contributed by atoms with Gasteiger partial charge in [-0.1, -0.05) is 0 Å². The van der Waals surface area contributed by atoms with Gasteiger partial charge in [0, 0.05) is 26.2 Å². The second-order valence-electron chi connectivity index (χ2n) is 3.40. The van der Waals surface area contributed by atoms with Crippen molar-refractivity contribution in [3.05, 3.63) is 0 Å². The third-order valence-corrected chi connectivity index (χ3v) is 2.29. The number of nitriles is 1. The molecule has 0 aliphatic carbocycles. The molecule has 2 unspecified atom stereocenters. The Labute approximate surface area is 85.3 Å². The van der Waals surface area contributed by atoms with Gasteiger partial charge in [-0.25, -0.2) is 0 Å². The van der Waals surface area contributed by atoms with Crippen LogP contribution in [0.1, 0.15) is 0 Å². The van der Waals surface area contributed by atoms with E-state index >= 15 is 0 Å². The molecule has 2 N–H and O–H groups in total. The van der Waals surface area contributed by atoms with Crippen LogP contribution in [0.15, 0.2) is 0 Å². The van der Waals surface area contributed by atoms with Crippen LogP contribution in [0.2, 0.25) is 0 Å². The molecule has 15 heavy (non-hydrogen) atoms. The topological polar surface area (TPSA) is 59.3 Å². The van der Waals surface area contributed by atoms with Crippen LogP contribution in [0.4, 0.5) is 13.2 Å². The van der Waals surface area contributed by atoms with Crippen molar-refractivity contribution in [3.8, 4) is 6.07 Å². The molecule has 1 saturated heterocycles. The number of alkyl halides is 3. The second-order valence-corrected chi connectivity index (χ2v) is 3.40. The monoisotopic (exact) mass is 223 g/mol. The average molecular weight is 223 g/mol. The maximum Gasteiger partial charge on any atom is 0.415 e. The van der Waals surface area contributed by atoms with Crippen molar-refractivity contribution in [2.24, 2.45) is 0 Å². The molecule has 0 saturated carbocycles. The number of aliphatic hydroxyl groups is 1. The van der Waals surface area contributed by atoms with Gasteiger partial charge in [0.25, 0.3) is 0 Å². The van der Waals surface area contributed by atoms with E-state index < -0.39 is 24.9 Å². The molecule has 0 amide bonds. The summed E-state index contributed by atoms with van der Waals surface area (Å²) in [6.07, 6.45) is -7.00. The highest BCUT2D eigenvalue weighted by Crippen LogP contribution is 2.21. The van der Waals surface area contributed by atoms with E-state index in [0.717, 1.165) is 0 Å². The molecule has 1 aliphatic heterocycles. The fraction of sp³-hybridized carbons (Fsp3) is 0.875. The van der Waals surface area contributed by atoms with Gasteiger partial charge in [-0.05, 0) is 0 Å². The summed E-state index contributed by atoms with van der Waals surface area (Å²) in [5.74, 6) is 0. The Balaban J connectivity index is 2.52. The highest BCUT2D eigenvalue weighted by molar-refractivity contribution is 4.97. The second kappa shape index (κ2) is 4.79. The molecule has 4 nitrogen and oxygen atoms in total. The minimum Gasteiger partial charge on any atom is -0.382 e. The Morgan fingerprint density at radius 2 is 2.27 bits per heavy atom. The van der Waals surface area contributed by atoms with Crippen LogP contribution in [0, 0.1) is 11.3 Å². The van der Waals surface area contributed by atoms with E-state index in [9.17, 15) is 13.2 Å². The van der Waals surface area contributed by atoms with Gasteiger partial charge in [-0.15, -0.1) is 0 Å². The van der Waals surface area contributed by atoms with Crippen molar-refractivity contribution < 1.29 is 18.3 Å². The summed E-state index contributed by atoms with van der Waals surface area (Å²) < 4.78 is 36.2. The average Bonchev–Trinajstić information content (AvgIpc) is 2.17. The lowest BCUT2D eigenvalue weighted by atomic mass is 10.2. The first-order chi connectivity index (χ1) is 6.95. The number of hydrogen-bond acceptors (Lipinski definition) is 4. The first kappa shape index (κ1) is 12.2. The van der Waals surface area contributed by atoms with Crippen LogP contribution >= 0.6 is 0 Å². The van der Waals surface area contributed by atoms with Crippen molar-refractivity contribution >= 4 is 0 Å². The molecule has 86 valence electrons. The smallest absolute Gasteiger partial charge is 0.382 e. The lowest BCUT2D eigenvalue weighted by molar-refractivity contribution is -0.209. The zero-order valence-electron chi connectivity index (χ0n) is 7.96. The number of nitrogens with one attached hydrogen (secondary N) is 1. The summed E-state index contributed by atoms with van der Waals surface area (Å²) in [5.41, 5.74) is 0. The number of aliphatic hydroxyl groups excluding tert-OH is 1. The van der Waals surface area contributed by atoms with Gasteiger partial charge in [0.15, 0.2) is 6.10 Å². The minimum absolute atomic E-state index is 0.334. The predicted octanol–water partition coefficient (Wildman–Crippen LogP) is -0.293. The number of rotatable bonds is 2. The molecule has 1 fully saturated rings. The van der Waals surface area contributed by atoms with Crippen LogP contribution in [0.5, 0.6) is 0 Å². The Bertz CT molecular complexity index is 250. The van der Waals surface area contributed by atoms with Crippen molar-refractivity contribution in [1.82, 2.24) is 10.2 Å². The zero-order chi connectivity index (χ0) is 11.5. The van der Waals surface area contributed by atoms with Gasteiger partial charge in [0.1, 0.15) is 6.04 Å². The van der Waals surface area contributed by atoms with Crippen molar-refractivity contribution in [2.45, 2.75) is 18.3 Å². The largest absolute Gasteiger partial charge is 0.415 e. The third kappa shape index (κ3) is 3.34. The molecule has 0 radical (unpaired) electrons. The van der Waals surface area contributed by atoms with Crippen LogP contribution in [-0.2, 0) is 0 Å². The molecule has 0 aromatic carbocycles. The molecule has 1 rings (SSSR count). The maximum absolute atomic E-state index is 12.1. The van der Waals surface area contributed by atoms with E-state index in [4.69, 9.17) is 10.4 Å². The predicted molar refractivity (Wildman–Crippen MR) is 45.9 cm³/mol. The lowest BCUT2D eigenvalue weighted by Crippen LogP contribution is -2.54. The van der Waals surface area contributed by atoms with Crippen LogP contribution < -0.4 is 5.32 Å². The first-order valence-electron chi connectivity index (χ1n) is 4.54. The molecule has 0 aromatic rings. The summed E-state index contributed by atoms with van der Waals surface area (Å²) in [7, 11) is 0. The van der Waals surface area contributed by atoms with E-state index in [1.54, 1.807) is 0 Å². The highest BCUT2D eigenvalue weighted by atomic mass is 19.4. The number of hydrogen-bond donors (Lipinski definition) is 2. The van der Waals surface area contributed by atoms with Crippen LogP contribution in [0.25, 0.3) is 0 Å². The zero-order valence-corrected chi connectivity index (χ0v) is 7.96. The summed E-state index contributed by atoms with van der Waals surface area (Å²) in [6.45, 7) is 0.665. The van der Waals surface area contributed by atoms with Crippen molar-refractivity contribution in [3.63, 3.8) is 0 Å². The summed E-state index contributed by atoms with van der Waals surface area (Å²) in [5, 5.41) is 20.4. The molecule has 0 bridgehead atoms. The fourth-order valence-electron chi connectivity index (χ4n) is 1.42. The van der Waals surface area contributed by atoms with E-state index in [0.29, 0.717) is 19.6 Å². The molecular weight excluding hydrogens is 211 g/mol. The molecule has 7 heteroatoms. The van der Waals surface area contributed by atoms with E-state index in [1.807, 2.05) is 6.07 Å². The Hall–Kier alpha value is -0.840. The van der Waals surface area contributed by atoms with Gasteiger partial charge < -0.3 is 10.4 Å². The summed E-state index contributed by atoms with van der Waals surface area (Å²) in [4.78, 5) is 1.34. The highest BCUT2D eigenvalue weighted by Gasteiger charge is 2.40. The van der Waals surface area contributed by atoms with Gasteiger partial charge in [0.2, 0.25) is 0 Å². The maximum atomic E-state index is 12.1. The Morgan fingerprint density at radius 3 is 2.80 bits per heavy atom. The fourth-order valence-corrected chi connectivity index (χ4v) is 1.42. The van der Waals surface area contributed by atoms with E-state index in [2.05, 4.69) is 5.32 Å². The number of piperazine rings is 1. The summed E-state index contributed by atoms with van der Waals surface area (Å²) >= 11 is 0. The van der Waals surface area contributed by atoms with Crippen LogP contribution in [0.3, 0.4) is 0 Å². The van der Waals surface area contributed by atoms with Gasteiger partial charge in [-0.3, -0.25) is 4.90 Å². The van der Waals surface area contributed by atoms with Gasteiger partial charge >= 0.3 is 6.18 Å². The SMILES string of the molecule is N#CC1CNCCN1CC(O)C(F)(F)F. The normalized spacial score (nSPS) is 25.9. The van der Waals surface area contributed by atoms with Crippen molar-refractivity contribution in [1.29, 1.82) is 5.26 Å². The van der Waals surface area contributed by atoms with Gasteiger partial charge in [-0.2, -0.15) is 18.4 Å². The lowest BCUT2D eigenvalue weighted by Gasteiger charge is -2.33. The summed E-state index contributed by atoms with van der Waals surface area (Å²) in [6, 6.07) is 1.29. The standard InChI is InChI=1S/C8H12F3N3O/c9-8(10,11)7(15)5-14-2-1-13-4-6(14)3-12/h6-7,13,15H,1-2,4-5H2. The van der Waals surface area contributed by atoms with Crippen molar-refractivity contribution in [2.75, 3.05) is 26.2 Å². The molecule has 2 atom stereocenters. The number of halogens is 3.